The van der Waals surface area contributed by atoms with Crippen LogP contribution in [0.25, 0.3) is 4.96 Å². The second-order valence-electron chi connectivity index (χ2n) is 6.01. The molecule has 0 atom stereocenters. The summed E-state index contributed by atoms with van der Waals surface area (Å²) in [5, 5.41) is 4.05. The Morgan fingerprint density at radius 3 is 2.73 bits per heavy atom. The van der Waals surface area contributed by atoms with E-state index in [1.54, 1.807) is 11.3 Å². The van der Waals surface area contributed by atoms with Crippen molar-refractivity contribution in [1.82, 2.24) is 24.4 Å². The lowest BCUT2D eigenvalue weighted by Gasteiger charge is -2.14. The van der Waals surface area contributed by atoms with E-state index in [0.29, 0.717) is 12.4 Å². The third-order valence-corrected chi connectivity index (χ3v) is 4.45. The third kappa shape index (κ3) is 2.91. The smallest absolute Gasteiger partial charge is 0.229 e. The van der Waals surface area contributed by atoms with Crippen LogP contribution in [0.5, 0.6) is 0 Å². The summed E-state index contributed by atoms with van der Waals surface area (Å²) >= 11 is 1.72. The van der Waals surface area contributed by atoms with Crippen molar-refractivity contribution >= 4 is 16.3 Å². The molecule has 7 heteroatoms. The number of imidazole rings is 1. The lowest BCUT2D eigenvalue weighted by Crippen LogP contribution is -2.19. The van der Waals surface area contributed by atoms with Gasteiger partial charge in [-0.05, 0) is 20.9 Å². The highest BCUT2D eigenvalue weighted by molar-refractivity contribution is 7.17. The van der Waals surface area contributed by atoms with Crippen molar-refractivity contribution in [1.29, 1.82) is 0 Å². The van der Waals surface area contributed by atoms with Crippen molar-refractivity contribution in [3.8, 4) is 0 Å². The minimum absolute atomic E-state index is 0.261. The summed E-state index contributed by atoms with van der Waals surface area (Å²) in [5.41, 5.74) is 2.29. The topological polar surface area (TPSA) is 59.5 Å². The number of nitrogens with zero attached hydrogens (tertiary/aromatic N) is 5. The van der Waals surface area contributed by atoms with E-state index in [4.69, 9.17) is 4.52 Å². The van der Waals surface area contributed by atoms with Crippen molar-refractivity contribution < 1.29 is 4.52 Å². The Balaban J connectivity index is 1.74. The standard InChI is InChI=1S/C15H21N5OS/c1-9(2)14-17-13(18-21-14)8-19(5)7-12-11(4)16-15-20(12)6-10(3)22-15/h6,9H,7-8H2,1-5H3. The van der Waals surface area contributed by atoms with E-state index in [0.717, 1.165) is 23.0 Å². The number of aryl methyl sites for hydroxylation is 2. The molecule has 0 radical (unpaired) electrons. The molecule has 0 saturated heterocycles. The number of aromatic nitrogens is 4. The molecule has 0 saturated carbocycles. The van der Waals surface area contributed by atoms with E-state index >= 15 is 0 Å². The normalized spacial score (nSPS) is 12.1. The van der Waals surface area contributed by atoms with Gasteiger partial charge in [-0.3, -0.25) is 9.30 Å². The second kappa shape index (κ2) is 5.81. The Bertz CT molecular complexity index is 785. The quantitative estimate of drug-likeness (QED) is 0.723. The number of fused-ring (bicyclic) bond motifs is 1. The summed E-state index contributed by atoms with van der Waals surface area (Å²) < 4.78 is 7.44. The fraction of sp³-hybridized carbons (Fsp3) is 0.533. The van der Waals surface area contributed by atoms with E-state index < -0.39 is 0 Å². The predicted octanol–water partition coefficient (Wildman–Crippen LogP) is 3.15. The molecular formula is C15H21N5OS. The molecule has 0 aliphatic carbocycles. The molecule has 3 rings (SSSR count). The fourth-order valence-electron chi connectivity index (χ4n) is 2.42. The zero-order chi connectivity index (χ0) is 15.9. The Morgan fingerprint density at radius 1 is 1.27 bits per heavy atom. The first-order valence-electron chi connectivity index (χ1n) is 7.39. The monoisotopic (exact) mass is 319 g/mol. The molecule has 3 aromatic heterocycles. The maximum atomic E-state index is 5.26. The number of rotatable bonds is 5. The Labute approximate surface area is 133 Å². The van der Waals surface area contributed by atoms with Crippen LogP contribution in [-0.2, 0) is 13.1 Å². The van der Waals surface area contributed by atoms with Crippen LogP contribution in [-0.4, -0.2) is 31.5 Å². The van der Waals surface area contributed by atoms with Crippen LogP contribution in [0.1, 0.15) is 47.7 Å². The first-order chi connectivity index (χ1) is 10.4. The van der Waals surface area contributed by atoms with Gasteiger partial charge in [0.1, 0.15) is 0 Å². The molecule has 0 unspecified atom stereocenters. The van der Waals surface area contributed by atoms with E-state index in [-0.39, 0.29) is 5.92 Å². The molecular weight excluding hydrogens is 298 g/mol. The maximum absolute atomic E-state index is 5.26. The number of hydrogen-bond acceptors (Lipinski definition) is 6. The average molecular weight is 319 g/mol. The highest BCUT2D eigenvalue weighted by atomic mass is 32.1. The van der Waals surface area contributed by atoms with Crippen LogP contribution in [0.2, 0.25) is 0 Å². The Hall–Kier alpha value is -1.73. The predicted molar refractivity (Wildman–Crippen MR) is 86.1 cm³/mol. The molecule has 6 nitrogen and oxygen atoms in total. The number of thiazole rings is 1. The van der Waals surface area contributed by atoms with Gasteiger partial charge in [0.25, 0.3) is 0 Å². The van der Waals surface area contributed by atoms with Crippen LogP contribution >= 0.6 is 11.3 Å². The average Bonchev–Trinajstić information content (AvgIpc) is 3.08. The van der Waals surface area contributed by atoms with Gasteiger partial charge in [0.2, 0.25) is 5.89 Å². The third-order valence-electron chi connectivity index (χ3n) is 3.55. The highest BCUT2D eigenvalue weighted by Crippen LogP contribution is 2.22. The van der Waals surface area contributed by atoms with Crippen molar-refractivity contribution in [2.45, 2.75) is 46.7 Å². The van der Waals surface area contributed by atoms with E-state index in [1.807, 2.05) is 13.8 Å². The Kier molecular flexibility index (Phi) is 4.01. The van der Waals surface area contributed by atoms with Crippen LogP contribution in [0, 0.1) is 13.8 Å². The minimum Gasteiger partial charge on any atom is -0.339 e. The van der Waals surface area contributed by atoms with E-state index in [1.165, 1.54) is 10.6 Å². The summed E-state index contributed by atoms with van der Waals surface area (Å²) in [6.45, 7) is 9.72. The van der Waals surface area contributed by atoms with Crippen molar-refractivity contribution in [3.05, 3.63) is 34.2 Å². The number of hydrogen-bond donors (Lipinski definition) is 0. The van der Waals surface area contributed by atoms with Crippen LogP contribution < -0.4 is 0 Å². The lowest BCUT2D eigenvalue weighted by atomic mass is 10.2. The molecule has 0 bridgehead atoms. The largest absolute Gasteiger partial charge is 0.339 e. The summed E-state index contributed by atoms with van der Waals surface area (Å²) in [6, 6.07) is 0. The molecule has 22 heavy (non-hydrogen) atoms. The molecule has 118 valence electrons. The Morgan fingerprint density at radius 2 is 2.05 bits per heavy atom. The lowest BCUT2D eigenvalue weighted by molar-refractivity contribution is 0.294. The van der Waals surface area contributed by atoms with Crippen LogP contribution in [0.15, 0.2) is 10.7 Å². The first-order valence-corrected chi connectivity index (χ1v) is 8.20. The summed E-state index contributed by atoms with van der Waals surface area (Å²) in [5.74, 6) is 1.68. The minimum atomic E-state index is 0.261. The van der Waals surface area contributed by atoms with Gasteiger partial charge in [-0.15, -0.1) is 11.3 Å². The molecule has 0 aliphatic heterocycles. The second-order valence-corrected chi connectivity index (χ2v) is 7.23. The van der Waals surface area contributed by atoms with Gasteiger partial charge < -0.3 is 4.52 Å². The summed E-state index contributed by atoms with van der Waals surface area (Å²) in [6.07, 6.45) is 2.15. The van der Waals surface area contributed by atoms with Gasteiger partial charge in [0.05, 0.1) is 17.9 Å². The summed E-state index contributed by atoms with van der Waals surface area (Å²) in [7, 11) is 2.06. The zero-order valence-corrected chi connectivity index (χ0v) is 14.4. The van der Waals surface area contributed by atoms with Gasteiger partial charge in [-0.2, -0.15) is 4.98 Å². The molecule has 0 amide bonds. The molecule has 0 N–H and O–H groups in total. The molecule has 3 heterocycles. The highest BCUT2D eigenvalue weighted by Gasteiger charge is 2.15. The molecule has 0 spiro atoms. The van der Waals surface area contributed by atoms with Gasteiger partial charge >= 0.3 is 0 Å². The zero-order valence-electron chi connectivity index (χ0n) is 13.6. The van der Waals surface area contributed by atoms with E-state index in [9.17, 15) is 0 Å². The molecule has 0 aliphatic rings. The van der Waals surface area contributed by atoms with Gasteiger partial charge in [0.15, 0.2) is 10.8 Å². The maximum Gasteiger partial charge on any atom is 0.229 e. The summed E-state index contributed by atoms with van der Waals surface area (Å²) in [4.78, 5) is 13.6. The molecule has 0 fully saturated rings. The van der Waals surface area contributed by atoms with Gasteiger partial charge in [-0.25, -0.2) is 4.98 Å². The van der Waals surface area contributed by atoms with Crippen molar-refractivity contribution in [3.63, 3.8) is 0 Å². The van der Waals surface area contributed by atoms with Crippen molar-refractivity contribution in [2.75, 3.05) is 7.05 Å². The fourth-order valence-corrected chi connectivity index (χ4v) is 3.31. The SMILES string of the molecule is Cc1cn2c(CN(C)Cc3noc(C(C)C)n3)c(C)nc2s1. The van der Waals surface area contributed by atoms with Crippen LogP contribution in [0.3, 0.4) is 0 Å². The van der Waals surface area contributed by atoms with Gasteiger partial charge in [-0.1, -0.05) is 19.0 Å². The van der Waals surface area contributed by atoms with Crippen molar-refractivity contribution in [2.24, 2.45) is 0 Å². The van der Waals surface area contributed by atoms with Gasteiger partial charge in [0, 0.05) is 23.5 Å². The van der Waals surface area contributed by atoms with E-state index in [2.05, 4.69) is 51.5 Å². The van der Waals surface area contributed by atoms with Crippen LogP contribution in [0.4, 0.5) is 0 Å². The molecule has 0 aromatic carbocycles. The first kappa shape index (κ1) is 15.2. The molecule has 3 aromatic rings.